The van der Waals surface area contributed by atoms with Crippen LogP contribution in [0.4, 0.5) is 5.13 Å². The molecule has 0 bridgehead atoms. The Hall–Kier alpha value is -1.17. The third-order valence-corrected chi connectivity index (χ3v) is 3.56. The van der Waals surface area contributed by atoms with Crippen LogP contribution in [0.2, 0.25) is 0 Å². The molecule has 2 atom stereocenters. The predicted molar refractivity (Wildman–Crippen MR) is 58.6 cm³/mol. The van der Waals surface area contributed by atoms with Gasteiger partial charge in [0.05, 0.1) is 0 Å². The van der Waals surface area contributed by atoms with E-state index in [4.69, 9.17) is 5.73 Å². The van der Waals surface area contributed by atoms with Crippen LogP contribution in [0.5, 0.6) is 0 Å². The van der Waals surface area contributed by atoms with Crippen molar-refractivity contribution in [2.24, 2.45) is 5.92 Å². The average Bonchev–Trinajstić information content (AvgIpc) is 2.77. The minimum atomic E-state index is -0.150. The monoisotopic (exact) mass is 226 g/mol. The fourth-order valence-corrected chi connectivity index (χ4v) is 2.43. The van der Waals surface area contributed by atoms with Gasteiger partial charge in [-0.2, -0.15) is 0 Å². The lowest BCUT2D eigenvalue weighted by atomic mass is 10.1. The molecule has 0 spiro atoms. The van der Waals surface area contributed by atoms with Crippen molar-refractivity contribution < 1.29 is 4.79 Å². The number of nitrogen functional groups attached to an aromatic ring is 1. The van der Waals surface area contributed by atoms with Gasteiger partial charge in [-0.25, -0.2) is 0 Å². The largest absolute Gasteiger partial charge is 0.374 e. The maximum absolute atomic E-state index is 11.7. The molecule has 82 valence electrons. The molecule has 1 aliphatic carbocycles. The van der Waals surface area contributed by atoms with E-state index in [1.807, 2.05) is 0 Å². The molecule has 1 aromatic heterocycles. The first-order valence-corrected chi connectivity index (χ1v) is 5.88. The lowest BCUT2D eigenvalue weighted by Gasteiger charge is -2.15. The SMILES string of the molecule is CC1CCCC1NC(=O)c1nnc(N)s1. The van der Waals surface area contributed by atoms with Gasteiger partial charge in [-0.15, -0.1) is 10.2 Å². The standard InChI is InChI=1S/C9H14N4OS/c1-5-3-2-4-6(5)11-7(14)8-12-13-9(10)15-8/h5-6H,2-4H2,1H3,(H2,10,13)(H,11,14). The summed E-state index contributed by atoms with van der Waals surface area (Å²) < 4.78 is 0. The number of rotatable bonds is 2. The average molecular weight is 226 g/mol. The van der Waals surface area contributed by atoms with Crippen molar-refractivity contribution >= 4 is 22.4 Å². The zero-order chi connectivity index (χ0) is 10.8. The number of carbonyl (C=O) groups excluding carboxylic acids is 1. The van der Waals surface area contributed by atoms with Gasteiger partial charge < -0.3 is 11.1 Å². The minimum absolute atomic E-state index is 0.150. The number of nitrogens with zero attached hydrogens (tertiary/aromatic N) is 2. The first-order chi connectivity index (χ1) is 7.16. The van der Waals surface area contributed by atoms with Crippen molar-refractivity contribution in [2.45, 2.75) is 32.2 Å². The van der Waals surface area contributed by atoms with Crippen LogP contribution < -0.4 is 11.1 Å². The van der Waals surface area contributed by atoms with Crippen molar-refractivity contribution in [1.29, 1.82) is 0 Å². The summed E-state index contributed by atoms with van der Waals surface area (Å²) in [4.78, 5) is 11.7. The van der Waals surface area contributed by atoms with Crippen LogP contribution in [-0.2, 0) is 0 Å². The summed E-state index contributed by atoms with van der Waals surface area (Å²) in [6, 6.07) is 0.280. The van der Waals surface area contributed by atoms with Gasteiger partial charge in [0.25, 0.3) is 5.91 Å². The lowest BCUT2D eigenvalue weighted by Crippen LogP contribution is -2.36. The number of nitrogens with one attached hydrogen (secondary N) is 1. The van der Waals surface area contributed by atoms with Crippen molar-refractivity contribution in [1.82, 2.24) is 15.5 Å². The Balaban J connectivity index is 1.97. The van der Waals surface area contributed by atoms with Crippen LogP contribution >= 0.6 is 11.3 Å². The van der Waals surface area contributed by atoms with Crippen LogP contribution in [0.15, 0.2) is 0 Å². The van der Waals surface area contributed by atoms with Crippen LogP contribution in [0.3, 0.4) is 0 Å². The zero-order valence-electron chi connectivity index (χ0n) is 8.56. The van der Waals surface area contributed by atoms with Gasteiger partial charge in [0.2, 0.25) is 10.1 Å². The minimum Gasteiger partial charge on any atom is -0.374 e. The number of hydrogen-bond donors (Lipinski definition) is 2. The Morgan fingerprint density at radius 3 is 2.87 bits per heavy atom. The second-order valence-electron chi connectivity index (χ2n) is 3.93. The van der Waals surface area contributed by atoms with E-state index in [2.05, 4.69) is 22.4 Å². The molecule has 0 radical (unpaired) electrons. The molecule has 1 aliphatic rings. The lowest BCUT2D eigenvalue weighted by molar-refractivity contribution is 0.0928. The molecular weight excluding hydrogens is 212 g/mol. The molecule has 5 nitrogen and oxygen atoms in total. The normalized spacial score (nSPS) is 25.4. The van der Waals surface area contributed by atoms with E-state index >= 15 is 0 Å². The molecule has 2 rings (SSSR count). The molecule has 1 amide bonds. The fraction of sp³-hybridized carbons (Fsp3) is 0.667. The molecule has 6 heteroatoms. The zero-order valence-corrected chi connectivity index (χ0v) is 9.38. The first-order valence-electron chi connectivity index (χ1n) is 5.06. The van der Waals surface area contributed by atoms with Gasteiger partial charge >= 0.3 is 0 Å². The van der Waals surface area contributed by atoms with Crippen molar-refractivity contribution in [3.8, 4) is 0 Å². The van der Waals surface area contributed by atoms with E-state index in [0.717, 1.165) is 17.8 Å². The van der Waals surface area contributed by atoms with Crippen molar-refractivity contribution in [3.05, 3.63) is 5.01 Å². The molecule has 3 N–H and O–H groups in total. The van der Waals surface area contributed by atoms with Gasteiger partial charge in [0.1, 0.15) is 0 Å². The Morgan fingerprint density at radius 1 is 1.53 bits per heavy atom. The number of anilines is 1. The van der Waals surface area contributed by atoms with Crippen LogP contribution in [0.25, 0.3) is 0 Å². The van der Waals surface area contributed by atoms with Gasteiger partial charge in [0, 0.05) is 6.04 Å². The summed E-state index contributed by atoms with van der Waals surface area (Å²) in [5.74, 6) is 0.405. The molecule has 15 heavy (non-hydrogen) atoms. The predicted octanol–water partition coefficient (Wildman–Crippen LogP) is 1.04. The molecular formula is C9H14N4OS. The highest BCUT2D eigenvalue weighted by atomic mass is 32.1. The number of hydrogen-bond acceptors (Lipinski definition) is 5. The van der Waals surface area contributed by atoms with E-state index < -0.39 is 0 Å². The maximum atomic E-state index is 11.7. The van der Waals surface area contributed by atoms with Crippen LogP contribution in [0, 0.1) is 5.92 Å². The number of carbonyl (C=O) groups is 1. The summed E-state index contributed by atoms with van der Waals surface area (Å²) >= 11 is 1.12. The highest BCUT2D eigenvalue weighted by molar-refractivity contribution is 7.16. The third kappa shape index (κ3) is 2.26. The molecule has 2 unspecified atom stereocenters. The van der Waals surface area contributed by atoms with Gasteiger partial charge in [-0.1, -0.05) is 24.7 Å². The van der Waals surface area contributed by atoms with E-state index in [-0.39, 0.29) is 11.9 Å². The summed E-state index contributed by atoms with van der Waals surface area (Å²) in [7, 11) is 0. The first kappa shape index (κ1) is 10.4. The summed E-state index contributed by atoms with van der Waals surface area (Å²) in [6.07, 6.45) is 3.43. The topological polar surface area (TPSA) is 80.9 Å². The highest BCUT2D eigenvalue weighted by Gasteiger charge is 2.26. The number of amides is 1. The fourth-order valence-electron chi connectivity index (χ4n) is 1.92. The summed E-state index contributed by atoms with van der Waals surface area (Å²) in [5, 5.41) is 11.0. The van der Waals surface area contributed by atoms with Gasteiger partial charge in [-0.3, -0.25) is 4.79 Å². The van der Waals surface area contributed by atoms with Crippen molar-refractivity contribution in [2.75, 3.05) is 5.73 Å². The van der Waals surface area contributed by atoms with E-state index in [0.29, 0.717) is 16.1 Å². The summed E-state index contributed by atoms with van der Waals surface area (Å²) in [5.41, 5.74) is 5.42. The van der Waals surface area contributed by atoms with E-state index in [1.54, 1.807) is 0 Å². The maximum Gasteiger partial charge on any atom is 0.282 e. The molecule has 0 aliphatic heterocycles. The number of nitrogens with two attached hydrogens (primary N) is 1. The second kappa shape index (κ2) is 4.14. The Bertz CT molecular complexity index is 365. The van der Waals surface area contributed by atoms with Gasteiger partial charge in [-0.05, 0) is 18.8 Å². The Kier molecular flexibility index (Phi) is 2.86. The third-order valence-electron chi connectivity index (χ3n) is 2.81. The van der Waals surface area contributed by atoms with Crippen LogP contribution in [0.1, 0.15) is 36.0 Å². The summed E-state index contributed by atoms with van der Waals surface area (Å²) in [6.45, 7) is 2.16. The molecule has 0 saturated heterocycles. The van der Waals surface area contributed by atoms with Crippen molar-refractivity contribution in [3.63, 3.8) is 0 Å². The van der Waals surface area contributed by atoms with Crippen LogP contribution in [-0.4, -0.2) is 22.1 Å². The van der Waals surface area contributed by atoms with E-state index in [9.17, 15) is 4.79 Å². The number of aromatic nitrogens is 2. The molecule has 1 aromatic rings. The smallest absolute Gasteiger partial charge is 0.282 e. The quantitative estimate of drug-likeness (QED) is 0.789. The second-order valence-corrected chi connectivity index (χ2v) is 4.94. The molecule has 1 fully saturated rings. The Labute approximate surface area is 92.1 Å². The molecule has 1 saturated carbocycles. The molecule has 1 heterocycles. The van der Waals surface area contributed by atoms with E-state index in [1.165, 1.54) is 12.8 Å². The Morgan fingerprint density at radius 2 is 2.33 bits per heavy atom. The van der Waals surface area contributed by atoms with Gasteiger partial charge in [0.15, 0.2) is 0 Å². The highest BCUT2D eigenvalue weighted by Crippen LogP contribution is 2.25. The molecule has 0 aromatic carbocycles.